The molecule has 0 bridgehead atoms. The van der Waals surface area contributed by atoms with E-state index >= 15 is 0 Å². The summed E-state index contributed by atoms with van der Waals surface area (Å²) in [4.78, 5) is 16.5. The van der Waals surface area contributed by atoms with Gasteiger partial charge in [0.15, 0.2) is 11.5 Å². The quantitative estimate of drug-likeness (QED) is 0.629. The van der Waals surface area contributed by atoms with Gasteiger partial charge in [0, 0.05) is 11.8 Å². The van der Waals surface area contributed by atoms with Crippen LogP contribution < -0.4 is 0 Å². The van der Waals surface area contributed by atoms with Crippen molar-refractivity contribution >= 4 is 17.8 Å². The average molecular weight is 316 g/mol. The fraction of sp³-hybridized carbons (Fsp3) is 0.111. The molecule has 0 aliphatic heterocycles. The Morgan fingerprint density at radius 3 is 2.62 bits per heavy atom. The molecule has 0 aliphatic rings. The summed E-state index contributed by atoms with van der Waals surface area (Å²) in [6.45, 7) is 3.89. The van der Waals surface area contributed by atoms with E-state index in [2.05, 4.69) is 25.0 Å². The van der Waals surface area contributed by atoms with Gasteiger partial charge in [-0.15, -0.1) is 5.10 Å². The van der Waals surface area contributed by atoms with Crippen LogP contribution in [0.25, 0.3) is 29.2 Å². The summed E-state index contributed by atoms with van der Waals surface area (Å²) in [6, 6.07) is 10.0. The van der Waals surface area contributed by atoms with Crippen LogP contribution in [-0.4, -0.2) is 29.5 Å². The number of imidazole rings is 1. The number of aromatic nitrogens is 6. The van der Waals surface area contributed by atoms with Crippen LogP contribution in [0.5, 0.6) is 0 Å². The fourth-order valence-corrected chi connectivity index (χ4v) is 2.51. The molecule has 0 saturated heterocycles. The van der Waals surface area contributed by atoms with Crippen molar-refractivity contribution in [1.29, 1.82) is 0 Å². The number of nitrogens with zero attached hydrogens (tertiary/aromatic N) is 5. The van der Waals surface area contributed by atoms with E-state index in [-0.39, 0.29) is 0 Å². The molecule has 0 radical (unpaired) electrons. The van der Waals surface area contributed by atoms with Gasteiger partial charge < -0.3 is 4.98 Å². The standard InChI is InChI=1S/C18H16N6/c1-12-10-19-13(2)18-22-16(23-24(12)18)9-8-15-11-20-17(21-15)14-6-4-3-5-7-14/h3-11H,1-2H3,(H,20,21). The molecule has 24 heavy (non-hydrogen) atoms. The van der Waals surface area contributed by atoms with E-state index in [0.717, 1.165) is 34.1 Å². The number of rotatable bonds is 3. The molecule has 6 nitrogen and oxygen atoms in total. The Labute approximate surface area is 138 Å². The van der Waals surface area contributed by atoms with E-state index in [4.69, 9.17) is 0 Å². The predicted octanol–water partition coefficient (Wildman–Crippen LogP) is 3.30. The summed E-state index contributed by atoms with van der Waals surface area (Å²) in [6.07, 6.45) is 7.39. The monoisotopic (exact) mass is 316 g/mol. The van der Waals surface area contributed by atoms with Crippen LogP contribution in [0.3, 0.4) is 0 Å². The second-order valence-corrected chi connectivity index (χ2v) is 5.58. The molecule has 0 saturated carbocycles. The minimum absolute atomic E-state index is 0.644. The van der Waals surface area contributed by atoms with E-state index in [1.165, 1.54) is 0 Å². The van der Waals surface area contributed by atoms with E-state index in [1.807, 2.05) is 60.8 Å². The van der Waals surface area contributed by atoms with Crippen LogP contribution in [0.15, 0.2) is 42.7 Å². The second-order valence-electron chi connectivity index (χ2n) is 5.58. The molecule has 4 aromatic rings. The summed E-state index contributed by atoms with van der Waals surface area (Å²) in [7, 11) is 0. The van der Waals surface area contributed by atoms with Crippen LogP contribution in [0, 0.1) is 13.8 Å². The number of fused-ring (bicyclic) bond motifs is 1. The largest absolute Gasteiger partial charge is 0.338 e. The highest BCUT2D eigenvalue weighted by atomic mass is 15.3. The lowest BCUT2D eigenvalue weighted by atomic mass is 10.2. The maximum Gasteiger partial charge on any atom is 0.177 e. The normalized spacial score (nSPS) is 11.6. The zero-order chi connectivity index (χ0) is 16.5. The number of hydrogen-bond donors (Lipinski definition) is 1. The SMILES string of the molecule is Cc1ncc(C)n2nc(C=Cc3cnc(-c4ccccc4)[nH]3)nc12. The van der Waals surface area contributed by atoms with Crippen molar-refractivity contribution in [1.82, 2.24) is 29.5 Å². The molecule has 1 aromatic carbocycles. The van der Waals surface area contributed by atoms with Crippen LogP contribution in [0.1, 0.15) is 22.9 Å². The predicted molar refractivity (Wildman–Crippen MR) is 93.2 cm³/mol. The molecule has 1 N–H and O–H groups in total. The van der Waals surface area contributed by atoms with Crippen LogP contribution in [0.2, 0.25) is 0 Å². The fourth-order valence-electron chi connectivity index (χ4n) is 2.51. The van der Waals surface area contributed by atoms with Crippen molar-refractivity contribution in [3.63, 3.8) is 0 Å². The third-order valence-corrected chi connectivity index (χ3v) is 3.78. The number of hydrogen-bond acceptors (Lipinski definition) is 4. The molecular formula is C18H16N6. The van der Waals surface area contributed by atoms with E-state index in [9.17, 15) is 0 Å². The third-order valence-electron chi connectivity index (χ3n) is 3.78. The van der Waals surface area contributed by atoms with Crippen molar-refractivity contribution in [2.45, 2.75) is 13.8 Å². The van der Waals surface area contributed by atoms with Gasteiger partial charge in [0.05, 0.1) is 23.3 Å². The Balaban J connectivity index is 1.63. The van der Waals surface area contributed by atoms with Gasteiger partial charge in [-0.1, -0.05) is 30.3 Å². The Morgan fingerprint density at radius 2 is 1.83 bits per heavy atom. The van der Waals surface area contributed by atoms with Crippen molar-refractivity contribution in [3.05, 3.63) is 65.6 Å². The summed E-state index contributed by atoms with van der Waals surface area (Å²) in [5, 5.41) is 4.50. The van der Waals surface area contributed by atoms with E-state index in [1.54, 1.807) is 12.4 Å². The first-order valence-electron chi connectivity index (χ1n) is 7.68. The molecule has 0 amide bonds. The molecule has 118 valence electrons. The van der Waals surface area contributed by atoms with Gasteiger partial charge in [0.1, 0.15) is 5.82 Å². The van der Waals surface area contributed by atoms with Crippen LogP contribution in [-0.2, 0) is 0 Å². The molecular weight excluding hydrogens is 300 g/mol. The Morgan fingerprint density at radius 1 is 1.00 bits per heavy atom. The summed E-state index contributed by atoms with van der Waals surface area (Å²) in [5.74, 6) is 1.49. The highest BCUT2D eigenvalue weighted by Gasteiger charge is 2.07. The third kappa shape index (κ3) is 2.58. The highest BCUT2D eigenvalue weighted by molar-refractivity contribution is 5.67. The first-order valence-corrected chi connectivity index (χ1v) is 7.68. The first-order chi connectivity index (χ1) is 11.7. The van der Waals surface area contributed by atoms with E-state index < -0.39 is 0 Å². The zero-order valence-corrected chi connectivity index (χ0v) is 13.4. The molecule has 6 heteroatoms. The topological polar surface area (TPSA) is 71.8 Å². The number of aromatic amines is 1. The second kappa shape index (κ2) is 5.73. The van der Waals surface area contributed by atoms with Gasteiger partial charge in [-0.3, -0.25) is 4.98 Å². The van der Waals surface area contributed by atoms with Gasteiger partial charge in [0.2, 0.25) is 0 Å². The van der Waals surface area contributed by atoms with Crippen LogP contribution >= 0.6 is 0 Å². The number of H-pyrrole nitrogens is 1. The van der Waals surface area contributed by atoms with Gasteiger partial charge in [-0.25, -0.2) is 14.5 Å². The molecule has 0 atom stereocenters. The minimum atomic E-state index is 0.644. The average Bonchev–Trinajstić information content (AvgIpc) is 3.25. The maximum absolute atomic E-state index is 4.52. The first kappa shape index (κ1) is 14.3. The summed E-state index contributed by atoms with van der Waals surface area (Å²) in [5.41, 5.74) is 4.56. The lowest BCUT2D eigenvalue weighted by Crippen LogP contribution is -1.97. The molecule has 0 unspecified atom stereocenters. The summed E-state index contributed by atoms with van der Waals surface area (Å²) >= 11 is 0. The van der Waals surface area contributed by atoms with Crippen molar-refractivity contribution < 1.29 is 0 Å². The molecule has 0 fully saturated rings. The Hall–Kier alpha value is -3.28. The zero-order valence-electron chi connectivity index (χ0n) is 13.4. The Bertz CT molecular complexity index is 987. The van der Waals surface area contributed by atoms with Crippen molar-refractivity contribution in [2.75, 3.05) is 0 Å². The van der Waals surface area contributed by atoms with Crippen molar-refractivity contribution in [3.8, 4) is 11.4 Å². The maximum atomic E-state index is 4.52. The van der Waals surface area contributed by atoms with Crippen LogP contribution in [0.4, 0.5) is 0 Å². The molecule has 0 spiro atoms. The Kier molecular flexibility index (Phi) is 3.42. The molecule has 3 aromatic heterocycles. The number of benzene rings is 1. The minimum Gasteiger partial charge on any atom is -0.338 e. The highest BCUT2D eigenvalue weighted by Crippen LogP contribution is 2.16. The molecule has 3 heterocycles. The van der Waals surface area contributed by atoms with Gasteiger partial charge in [0.25, 0.3) is 0 Å². The number of aryl methyl sites for hydroxylation is 2. The van der Waals surface area contributed by atoms with Gasteiger partial charge in [-0.05, 0) is 26.0 Å². The molecule has 4 rings (SSSR count). The van der Waals surface area contributed by atoms with E-state index in [0.29, 0.717) is 5.82 Å². The summed E-state index contributed by atoms with van der Waals surface area (Å²) < 4.78 is 1.81. The lowest BCUT2D eigenvalue weighted by Gasteiger charge is -1.97. The smallest absolute Gasteiger partial charge is 0.177 e. The van der Waals surface area contributed by atoms with Gasteiger partial charge in [-0.2, -0.15) is 0 Å². The van der Waals surface area contributed by atoms with Crippen molar-refractivity contribution in [2.24, 2.45) is 0 Å². The molecule has 0 aliphatic carbocycles. The lowest BCUT2D eigenvalue weighted by molar-refractivity contribution is 0.884. The van der Waals surface area contributed by atoms with Gasteiger partial charge >= 0.3 is 0 Å². The number of nitrogens with one attached hydrogen (secondary N) is 1.